The summed E-state index contributed by atoms with van der Waals surface area (Å²) in [5.74, 6) is -0.896. The van der Waals surface area contributed by atoms with E-state index in [0.29, 0.717) is 0 Å². The number of nitrogens with zero attached hydrogens (tertiary/aromatic N) is 6. The number of hydrogen-bond donors (Lipinski definition) is 0. The second-order valence-corrected chi connectivity index (χ2v) is 3.47. The molecule has 0 unspecified atom stereocenters. The van der Waals surface area contributed by atoms with E-state index in [1.807, 2.05) is 0 Å². The Kier molecular flexibility index (Phi) is 3.18. The van der Waals surface area contributed by atoms with Crippen molar-refractivity contribution in [1.82, 2.24) is 24.4 Å². The van der Waals surface area contributed by atoms with E-state index in [-0.39, 0.29) is 17.9 Å². The van der Waals surface area contributed by atoms with E-state index in [1.165, 1.54) is 7.05 Å². The standard InChI is InChI=1S/C8H8N6O5/c1-12-8(16)13-4-9-5(6(13)10-11-12)7(15)19-3-2-14(17)18/h4H,2-3H2,1H3. The quantitative estimate of drug-likeness (QED) is 0.362. The highest BCUT2D eigenvalue weighted by atomic mass is 16.6. The van der Waals surface area contributed by atoms with Crippen LogP contribution < -0.4 is 5.69 Å². The molecule has 19 heavy (non-hydrogen) atoms. The van der Waals surface area contributed by atoms with Crippen molar-refractivity contribution < 1.29 is 14.5 Å². The zero-order valence-electron chi connectivity index (χ0n) is 9.72. The lowest BCUT2D eigenvalue weighted by Crippen LogP contribution is -2.27. The van der Waals surface area contributed by atoms with Crippen LogP contribution in [0, 0.1) is 10.1 Å². The normalized spacial score (nSPS) is 10.6. The molecule has 11 heteroatoms. The predicted octanol–water partition coefficient (Wildman–Crippen LogP) is -1.74. The second-order valence-electron chi connectivity index (χ2n) is 3.47. The van der Waals surface area contributed by atoms with Crippen molar-refractivity contribution in [2.24, 2.45) is 7.05 Å². The SMILES string of the molecule is Cn1nnc2c(C(=O)OCC[N+](=O)[O-])ncn2c1=O. The molecule has 0 aliphatic heterocycles. The van der Waals surface area contributed by atoms with E-state index in [2.05, 4.69) is 20.0 Å². The number of aryl methyl sites for hydroxylation is 1. The summed E-state index contributed by atoms with van der Waals surface area (Å²) in [6, 6.07) is 0. The third-order valence-corrected chi connectivity index (χ3v) is 2.20. The Morgan fingerprint density at radius 1 is 1.58 bits per heavy atom. The minimum Gasteiger partial charge on any atom is -0.454 e. The molecule has 0 saturated carbocycles. The van der Waals surface area contributed by atoms with E-state index < -0.39 is 23.1 Å². The maximum absolute atomic E-state index is 11.6. The molecule has 0 radical (unpaired) electrons. The van der Waals surface area contributed by atoms with Crippen LogP contribution in [0.1, 0.15) is 10.5 Å². The molecule has 2 aromatic heterocycles. The molecule has 100 valence electrons. The number of aromatic nitrogens is 5. The Balaban J connectivity index is 2.26. The van der Waals surface area contributed by atoms with E-state index in [1.54, 1.807) is 0 Å². The topological polar surface area (TPSA) is 135 Å². The fraction of sp³-hybridized carbons (Fsp3) is 0.375. The summed E-state index contributed by atoms with van der Waals surface area (Å²) in [5, 5.41) is 17.2. The highest BCUT2D eigenvalue weighted by Gasteiger charge is 2.19. The van der Waals surface area contributed by atoms with E-state index in [4.69, 9.17) is 0 Å². The fourth-order valence-electron chi connectivity index (χ4n) is 1.31. The zero-order valence-corrected chi connectivity index (χ0v) is 9.72. The predicted molar refractivity (Wildman–Crippen MR) is 58.2 cm³/mol. The summed E-state index contributed by atoms with van der Waals surface area (Å²) in [6.45, 7) is -0.895. The van der Waals surface area contributed by atoms with Crippen molar-refractivity contribution in [2.45, 2.75) is 0 Å². The molecule has 0 spiro atoms. The van der Waals surface area contributed by atoms with E-state index in [9.17, 15) is 19.7 Å². The molecule has 2 rings (SSSR count). The molecule has 0 atom stereocenters. The number of esters is 1. The van der Waals surface area contributed by atoms with Crippen LogP contribution in [-0.4, -0.2) is 48.4 Å². The minimum atomic E-state index is -0.896. The third kappa shape index (κ3) is 2.38. The van der Waals surface area contributed by atoms with E-state index in [0.717, 1.165) is 15.4 Å². The molecular weight excluding hydrogens is 260 g/mol. The fourth-order valence-corrected chi connectivity index (χ4v) is 1.31. The molecule has 0 N–H and O–H groups in total. The second kappa shape index (κ2) is 4.80. The molecule has 0 amide bonds. The molecule has 0 saturated heterocycles. The van der Waals surface area contributed by atoms with Crippen LogP contribution in [0.4, 0.5) is 0 Å². The van der Waals surface area contributed by atoms with Gasteiger partial charge in [-0.2, -0.15) is 4.68 Å². The van der Waals surface area contributed by atoms with Crippen LogP contribution in [0.2, 0.25) is 0 Å². The van der Waals surface area contributed by atoms with Gasteiger partial charge in [0, 0.05) is 12.0 Å². The Morgan fingerprint density at radius 2 is 2.32 bits per heavy atom. The van der Waals surface area contributed by atoms with Gasteiger partial charge in [0.1, 0.15) is 6.33 Å². The molecule has 0 fully saturated rings. The Bertz CT molecular complexity index is 703. The van der Waals surface area contributed by atoms with Gasteiger partial charge < -0.3 is 4.74 Å². The Labute approximate surface area is 104 Å². The average Bonchev–Trinajstić information content (AvgIpc) is 2.77. The first-order valence-corrected chi connectivity index (χ1v) is 5.06. The van der Waals surface area contributed by atoms with Gasteiger partial charge in [0.25, 0.3) is 0 Å². The van der Waals surface area contributed by atoms with Crippen LogP contribution in [-0.2, 0) is 11.8 Å². The van der Waals surface area contributed by atoms with Crippen LogP contribution in [0.15, 0.2) is 11.1 Å². The lowest BCUT2D eigenvalue weighted by Gasteiger charge is -1.99. The summed E-state index contributed by atoms with van der Waals surface area (Å²) >= 11 is 0. The van der Waals surface area contributed by atoms with Gasteiger partial charge in [-0.15, -0.1) is 5.10 Å². The van der Waals surface area contributed by atoms with Gasteiger partial charge in [0.05, 0.1) is 0 Å². The number of nitro groups is 1. The van der Waals surface area contributed by atoms with Gasteiger partial charge in [-0.05, 0) is 0 Å². The molecule has 0 aliphatic carbocycles. The number of ether oxygens (including phenoxy) is 1. The summed E-state index contributed by atoms with van der Waals surface area (Å²) in [4.78, 5) is 36.4. The zero-order chi connectivity index (χ0) is 14.0. The lowest BCUT2D eigenvalue weighted by molar-refractivity contribution is -0.482. The first-order chi connectivity index (χ1) is 9.00. The Morgan fingerprint density at radius 3 is 3.00 bits per heavy atom. The van der Waals surface area contributed by atoms with Gasteiger partial charge in [0.15, 0.2) is 17.9 Å². The number of hydrogen-bond acceptors (Lipinski definition) is 8. The molecule has 0 aromatic carbocycles. The van der Waals surface area contributed by atoms with E-state index >= 15 is 0 Å². The summed E-state index contributed by atoms with van der Waals surface area (Å²) < 4.78 is 6.64. The van der Waals surface area contributed by atoms with Crippen LogP contribution >= 0.6 is 0 Å². The summed E-state index contributed by atoms with van der Waals surface area (Å²) in [5.41, 5.74) is -0.801. The smallest absolute Gasteiger partial charge is 0.361 e. The van der Waals surface area contributed by atoms with Crippen molar-refractivity contribution in [2.75, 3.05) is 13.2 Å². The van der Waals surface area contributed by atoms with Crippen LogP contribution in [0.3, 0.4) is 0 Å². The molecule has 11 nitrogen and oxygen atoms in total. The van der Waals surface area contributed by atoms with Gasteiger partial charge in [-0.3, -0.25) is 10.1 Å². The molecule has 0 aliphatic rings. The average molecular weight is 268 g/mol. The number of rotatable bonds is 4. The number of imidazole rings is 1. The molecule has 0 bridgehead atoms. The minimum absolute atomic E-state index is 0.0609. The summed E-state index contributed by atoms with van der Waals surface area (Å²) in [7, 11) is 1.39. The Hall–Kier alpha value is -2.85. The molecule has 2 aromatic rings. The first kappa shape index (κ1) is 12.6. The van der Waals surface area contributed by atoms with Crippen molar-refractivity contribution in [1.29, 1.82) is 0 Å². The number of fused-ring (bicyclic) bond motifs is 1. The highest BCUT2D eigenvalue weighted by Crippen LogP contribution is 2.04. The molecular formula is C8H8N6O5. The van der Waals surface area contributed by atoms with Crippen LogP contribution in [0.25, 0.3) is 5.65 Å². The summed E-state index contributed by atoms with van der Waals surface area (Å²) in [6.07, 6.45) is 1.11. The van der Waals surface area contributed by atoms with Crippen molar-refractivity contribution >= 4 is 11.6 Å². The molecule has 2 heterocycles. The van der Waals surface area contributed by atoms with Crippen molar-refractivity contribution in [3.63, 3.8) is 0 Å². The monoisotopic (exact) mass is 268 g/mol. The number of carbonyl (C=O) groups is 1. The van der Waals surface area contributed by atoms with Gasteiger partial charge >= 0.3 is 11.7 Å². The van der Waals surface area contributed by atoms with Gasteiger partial charge in [-0.1, -0.05) is 5.21 Å². The number of carbonyl (C=O) groups excluding carboxylic acids is 1. The van der Waals surface area contributed by atoms with Gasteiger partial charge in [-0.25, -0.2) is 19.0 Å². The van der Waals surface area contributed by atoms with Crippen molar-refractivity contribution in [3.8, 4) is 0 Å². The lowest BCUT2D eigenvalue weighted by atomic mass is 10.4. The highest BCUT2D eigenvalue weighted by molar-refractivity contribution is 5.93. The third-order valence-electron chi connectivity index (χ3n) is 2.20. The maximum atomic E-state index is 11.6. The largest absolute Gasteiger partial charge is 0.454 e. The van der Waals surface area contributed by atoms with Crippen molar-refractivity contribution in [3.05, 3.63) is 32.6 Å². The first-order valence-electron chi connectivity index (χ1n) is 5.06. The van der Waals surface area contributed by atoms with Gasteiger partial charge in [0.2, 0.25) is 6.54 Å². The maximum Gasteiger partial charge on any atom is 0.361 e. The van der Waals surface area contributed by atoms with Crippen LogP contribution in [0.5, 0.6) is 0 Å².